The van der Waals surface area contributed by atoms with Crippen LogP contribution in [-0.4, -0.2) is 24.5 Å². The quantitative estimate of drug-likeness (QED) is 0.631. The number of hydrazine groups is 1. The summed E-state index contributed by atoms with van der Waals surface area (Å²) in [5, 5.41) is 0. The van der Waals surface area contributed by atoms with Crippen molar-refractivity contribution in [3.8, 4) is 11.5 Å². The maximum absolute atomic E-state index is 12.1. The molecule has 156 valence electrons. The fourth-order valence-corrected chi connectivity index (χ4v) is 2.71. The van der Waals surface area contributed by atoms with Gasteiger partial charge in [-0.2, -0.15) is 0 Å². The summed E-state index contributed by atoms with van der Waals surface area (Å²) < 4.78 is 11.2. The minimum Gasteiger partial charge on any atom is -0.483 e. The number of ether oxygens (including phenoxy) is 2. The molecule has 0 heterocycles. The molecule has 2 N–H and O–H groups in total. The second-order valence-electron chi connectivity index (χ2n) is 6.93. The van der Waals surface area contributed by atoms with E-state index in [1.165, 1.54) is 5.56 Å². The van der Waals surface area contributed by atoms with Gasteiger partial charge < -0.3 is 9.47 Å². The lowest BCUT2D eigenvalue weighted by atomic mass is 9.98. The fourth-order valence-electron chi connectivity index (χ4n) is 2.71. The second kappa shape index (κ2) is 11.1. The third-order valence-corrected chi connectivity index (χ3v) is 4.76. The molecule has 2 amide bonds. The first-order valence-corrected chi connectivity index (χ1v) is 10.0. The van der Waals surface area contributed by atoms with Gasteiger partial charge in [0.1, 0.15) is 11.5 Å². The fraction of sp³-hybridized carbons (Fsp3) is 0.391. The Hall–Kier alpha value is -3.02. The van der Waals surface area contributed by atoms with Crippen molar-refractivity contribution in [2.45, 2.75) is 52.6 Å². The van der Waals surface area contributed by atoms with Crippen LogP contribution >= 0.6 is 0 Å². The van der Waals surface area contributed by atoms with Gasteiger partial charge in [-0.25, -0.2) is 0 Å². The first kappa shape index (κ1) is 22.3. The molecule has 29 heavy (non-hydrogen) atoms. The highest BCUT2D eigenvalue weighted by Gasteiger charge is 2.16. The van der Waals surface area contributed by atoms with Crippen LogP contribution in [0.3, 0.4) is 0 Å². The normalized spacial score (nSPS) is 12.6. The van der Waals surface area contributed by atoms with Gasteiger partial charge in [0, 0.05) is 0 Å². The summed E-state index contributed by atoms with van der Waals surface area (Å²) in [4.78, 5) is 24.2. The molecule has 0 aromatic heterocycles. The van der Waals surface area contributed by atoms with E-state index in [2.05, 4.69) is 31.6 Å². The molecular formula is C23H30N2O4. The van der Waals surface area contributed by atoms with Crippen LogP contribution in [0.25, 0.3) is 0 Å². The Morgan fingerprint density at radius 1 is 0.966 bits per heavy atom. The minimum absolute atomic E-state index is 0.193. The van der Waals surface area contributed by atoms with Gasteiger partial charge in [-0.15, -0.1) is 0 Å². The number of para-hydroxylation sites is 1. The van der Waals surface area contributed by atoms with Crippen molar-refractivity contribution < 1.29 is 19.1 Å². The Morgan fingerprint density at radius 3 is 2.31 bits per heavy atom. The molecule has 0 aliphatic heterocycles. The lowest BCUT2D eigenvalue weighted by Gasteiger charge is -2.17. The molecule has 0 saturated carbocycles. The summed E-state index contributed by atoms with van der Waals surface area (Å²) in [7, 11) is 0. The summed E-state index contributed by atoms with van der Waals surface area (Å²) >= 11 is 0. The molecule has 6 nitrogen and oxygen atoms in total. The zero-order valence-corrected chi connectivity index (χ0v) is 17.5. The molecule has 2 rings (SSSR count). The lowest BCUT2D eigenvalue weighted by molar-refractivity contribution is -0.133. The molecule has 0 saturated heterocycles. The van der Waals surface area contributed by atoms with E-state index in [4.69, 9.17) is 9.47 Å². The van der Waals surface area contributed by atoms with Crippen molar-refractivity contribution in [3.63, 3.8) is 0 Å². The van der Waals surface area contributed by atoms with Crippen LogP contribution in [0.15, 0.2) is 48.5 Å². The largest absolute Gasteiger partial charge is 0.483 e. The van der Waals surface area contributed by atoms with E-state index in [1.807, 2.05) is 48.5 Å². The molecule has 0 aliphatic carbocycles. The Morgan fingerprint density at radius 2 is 1.66 bits per heavy atom. The Bertz CT molecular complexity index is 805. The van der Waals surface area contributed by atoms with Gasteiger partial charge in [-0.05, 0) is 55.0 Å². The van der Waals surface area contributed by atoms with Gasteiger partial charge >= 0.3 is 0 Å². The van der Waals surface area contributed by atoms with Crippen LogP contribution in [0, 0.1) is 0 Å². The van der Waals surface area contributed by atoms with Crippen LogP contribution in [0.2, 0.25) is 0 Å². The summed E-state index contributed by atoms with van der Waals surface area (Å²) in [6.07, 6.45) is 1.16. The zero-order chi connectivity index (χ0) is 21.2. The van der Waals surface area contributed by atoms with Gasteiger partial charge in [0.25, 0.3) is 11.8 Å². The van der Waals surface area contributed by atoms with Crippen molar-refractivity contribution in [3.05, 3.63) is 59.7 Å². The number of carbonyl (C=O) groups excluding carboxylic acids is 2. The maximum Gasteiger partial charge on any atom is 0.279 e. The Kier molecular flexibility index (Phi) is 8.52. The standard InChI is InChI=1S/C23H30N2O4/c1-5-16(3)20-9-7-8-10-21(20)28-15-22(26)24-25-23(27)17(4)29-19-13-11-18(6-2)12-14-19/h7-14,16-17H,5-6,15H2,1-4H3,(H,24,26)(H,25,27)/t16-,17-/m0/s1. The summed E-state index contributed by atoms with van der Waals surface area (Å²) in [5.74, 6) is 0.713. The molecule has 0 unspecified atom stereocenters. The van der Waals surface area contributed by atoms with Crippen LogP contribution in [0.5, 0.6) is 11.5 Å². The van der Waals surface area contributed by atoms with E-state index < -0.39 is 17.9 Å². The van der Waals surface area contributed by atoms with Crippen molar-refractivity contribution in [2.75, 3.05) is 6.61 Å². The molecule has 0 bridgehead atoms. The number of benzene rings is 2. The lowest BCUT2D eigenvalue weighted by Crippen LogP contribution is -2.48. The summed E-state index contributed by atoms with van der Waals surface area (Å²) in [6, 6.07) is 15.2. The molecule has 2 atom stereocenters. The highest BCUT2D eigenvalue weighted by Crippen LogP contribution is 2.28. The average molecular weight is 399 g/mol. The molecule has 0 radical (unpaired) electrons. The molecule has 0 aliphatic rings. The number of carbonyl (C=O) groups is 2. The predicted octanol–water partition coefficient (Wildman–Crippen LogP) is 3.76. The minimum atomic E-state index is -0.755. The maximum atomic E-state index is 12.1. The number of nitrogens with one attached hydrogen (secondary N) is 2. The summed E-state index contributed by atoms with van der Waals surface area (Å²) in [6.45, 7) is 7.71. The smallest absolute Gasteiger partial charge is 0.279 e. The number of aryl methyl sites for hydroxylation is 1. The molecule has 6 heteroatoms. The molecule has 0 fully saturated rings. The van der Waals surface area contributed by atoms with Gasteiger partial charge in [-0.3, -0.25) is 20.4 Å². The molecule has 2 aromatic carbocycles. The Labute approximate surface area is 172 Å². The van der Waals surface area contributed by atoms with Crippen molar-refractivity contribution in [1.82, 2.24) is 10.9 Å². The van der Waals surface area contributed by atoms with E-state index in [0.29, 0.717) is 17.4 Å². The third kappa shape index (κ3) is 6.82. The monoisotopic (exact) mass is 398 g/mol. The molecule has 0 spiro atoms. The highest BCUT2D eigenvalue weighted by molar-refractivity contribution is 5.85. The van der Waals surface area contributed by atoms with E-state index in [9.17, 15) is 9.59 Å². The van der Waals surface area contributed by atoms with Crippen molar-refractivity contribution >= 4 is 11.8 Å². The number of hydrogen-bond acceptors (Lipinski definition) is 4. The number of amides is 2. The van der Waals surface area contributed by atoms with Crippen LogP contribution in [0.4, 0.5) is 0 Å². The number of hydrogen-bond donors (Lipinski definition) is 2. The van der Waals surface area contributed by atoms with Crippen LogP contribution < -0.4 is 20.3 Å². The van der Waals surface area contributed by atoms with E-state index in [-0.39, 0.29) is 6.61 Å². The SMILES string of the molecule is CCc1ccc(O[C@@H](C)C(=O)NNC(=O)COc2ccccc2[C@@H](C)CC)cc1. The van der Waals surface area contributed by atoms with Crippen LogP contribution in [-0.2, 0) is 16.0 Å². The van der Waals surface area contributed by atoms with Gasteiger partial charge in [-0.1, -0.05) is 51.1 Å². The first-order valence-electron chi connectivity index (χ1n) is 10.0. The second-order valence-corrected chi connectivity index (χ2v) is 6.93. The predicted molar refractivity (Wildman–Crippen MR) is 113 cm³/mol. The van der Waals surface area contributed by atoms with E-state index >= 15 is 0 Å². The molecule has 2 aromatic rings. The zero-order valence-electron chi connectivity index (χ0n) is 17.5. The van der Waals surface area contributed by atoms with Crippen molar-refractivity contribution in [2.24, 2.45) is 0 Å². The molecular weight excluding hydrogens is 368 g/mol. The third-order valence-electron chi connectivity index (χ3n) is 4.76. The van der Waals surface area contributed by atoms with Gasteiger partial charge in [0.15, 0.2) is 12.7 Å². The summed E-state index contributed by atoms with van der Waals surface area (Å²) in [5.41, 5.74) is 6.97. The Balaban J connectivity index is 1.79. The topological polar surface area (TPSA) is 76.7 Å². The average Bonchev–Trinajstić information content (AvgIpc) is 2.76. The van der Waals surface area contributed by atoms with Crippen molar-refractivity contribution in [1.29, 1.82) is 0 Å². The van der Waals surface area contributed by atoms with Gasteiger partial charge in [0.2, 0.25) is 0 Å². The van der Waals surface area contributed by atoms with Crippen LogP contribution in [0.1, 0.15) is 51.2 Å². The van der Waals surface area contributed by atoms with E-state index in [1.54, 1.807) is 6.92 Å². The highest BCUT2D eigenvalue weighted by atomic mass is 16.5. The first-order chi connectivity index (χ1) is 13.9. The van der Waals surface area contributed by atoms with Gasteiger partial charge in [0.05, 0.1) is 0 Å². The van der Waals surface area contributed by atoms with E-state index in [0.717, 1.165) is 18.4 Å². The number of rotatable bonds is 9.